The average Bonchev–Trinajstić information content (AvgIpc) is 2.60. The van der Waals surface area contributed by atoms with Gasteiger partial charge in [-0.2, -0.15) is 0 Å². The van der Waals surface area contributed by atoms with Gasteiger partial charge in [-0.05, 0) is 0 Å². The highest BCUT2D eigenvalue weighted by Crippen LogP contribution is 2.28. The van der Waals surface area contributed by atoms with Crippen molar-refractivity contribution in [2.24, 2.45) is 0 Å². The zero-order chi connectivity index (χ0) is 19.6. The third kappa shape index (κ3) is 4.31. The number of aliphatic hydroxyl groups excluding tert-OH is 7. The molecule has 2 aliphatic heterocycles. The van der Waals surface area contributed by atoms with Crippen molar-refractivity contribution < 1.29 is 54.8 Å². The highest BCUT2D eigenvalue weighted by atomic mass is 16.7. The predicted octanol–water partition coefficient (Wildman–Crippen LogP) is -5.25. The normalized spacial score (nSPS) is 46.8. The van der Waals surface area contributed by atoms with E-state index in [0.717, 1.165) is 6.92 Å². The van der Waals surface area contributed by atoms with Gasteiger partial charge in [0.1, 0.15) is 48.8 Å². The average molecular weight is 383 g/mol. The van der Waals surface area contributed by atoms with E-state index in [9.17, 15) is 40.5 Å². The topological polar surface area (TPSA) is 198 Å². The molecule has 8 N–H and O–H groups in total. The first-order chi connectivity index (χ1) is 12.2. The van der Waals surface area contributed by atoms with Crippen molar-refractivity contribution in [2.45, 2.75) is 68.3 Å². The molecule has 0 saturated carbocycles. The quantitative estimate of drug-likeness (QED) is 0.226. The van der Waals surface area contributed by atoms with E-state index in [1.165, 1.54) is 0 Å². The molecule has 12 nitrogen and oxygen atoms in total. The standard InChI is InChI=1S/C14H25NO11/c1-4(18)15-7-9(20)12(6(3-17)24-13(7)23)26-14-11(22)10(21)8(19)5(2-16)25-14/h5-14,16-17,19-23H,2-3H2,1H3,(H,15,18)/t5-,6+,7-,8-,9+,10+,11-,12+,13-,14+/m0/s1. The molecule has 1 amide bonds. The van der Waals surface area contributed by atoms with Crippen molar-refractivity contribution in [3.8, 4) is 0 Å². The van der Waals surface area contributed by atoms with Gasteiger partial charge in [-0.25, -0.2) is 0 Å². The summed E-state index contributed by atoms with van der Waals surface area (Å²) in [5, 5.41) is 70.7. The van der Waals surface area contributed by atoms with Crippen LogP contribution in [-0.2, 0) is 19.0 Å². The van der Waals surface area contributed by atoms with Gasteiger partial charge in [0.15, 0.2) is 12.6 Å². The fraction of sp³-hybridized carbons (Fsp3) is 0.929. The lowest BCUT2D eigenvalue weighted by atomic mass is 9.95. The minimum Gasteiger partial charge on any atom is -0.394 e. The molecule has 0 radical (unpaired) electrons. The van der Waals surface area contributed by atoms with Crippen molar-refractivity contribution in [3.63, 3.8) is 0 Å². The zero-order valence-electron chi connectivity index (χ0n) is 14.0. The van der Waals surface area contributed by atoms with Crippen LogP contribution in [0.1, 0.15) is 6.92 Å². The number of ether oxygens (including phenoxy) is 3. The highest BCUT2D eigenvalue weighted by Gasteiger charge is 2.50. The number of carbonyl (C=O) groups is 1. The molecule has 152 valence electrons. The summed E-state index contributed by atoms with van der Waals surface area (Å²) < 4.78 is 15.7. The molecule has 0 spiro atoms. The second-order valence-corrected chi connectivity index (χ2v) is 6.26. The van der Waals surface area contributed by atoms with Gasteiger partial charge in [0.05, 0.1) is 13.2 Å². The van der Waals surface area contributed by atoms with Crippen LogP contribution in [0.2, 0.25) is 0 Å². The predicted molar refractivity (Wildman–Crippen MR) is 80.2 cm³/mol. The first-order valence-electron chi connectivity index (χ1n) is 8.06. The smallest absolute Gasteiger partial charge is 0.217 e. The maximum atomic E-state index is 11.2. The van der Waals surface area contributed by atoms with Crippen LogP contribution in [0.4, 0.5) is 0 Å². The van der Waals surface area contributed by atoms with E-state index in [1.54, 1.807) is 0 Å². The molecule has 0 unspecified atom stereocenters. The molecule has 10 atom stereocenters. The number of rotatable bonds is 5. The minimum absolute atomic E-state index is 0.564. The second kappa shape index (κ2) is 8.84. The summed E-state index contributed by atoms with van der Waals surface area (Å²) in [7, 11) is 0. The Morgan fingerprint density at radius 3 is 2.08 bits per heavy atom. The third-order valence-electron chi connectivity index (χ3n) is 4.38. The molecule has 0 aromatic heterocycles. The van der Waals surface area contributed by atoms with Crippen LogP contribution in [-0.4, -0.2) is 116 Å². The Hall–Kier alpha value is -0.930. The molecule has 2 heterocycles. The Balaban J connectivity index is 2.16. The van der Waals surface area contributed by atoms with E-state index < -0.39 is 80.5 Å². The lowest BCUT2D eigenvalue weighted by Gasteiger charge is -2.46. The van der Waals surface area contributed by atoms with Gasteiger partial charge in [-0.15, -0.1) is 0 Å². The Morgan fingerprint density at radius 2 is 1.54 bits per heavy atom. The summed E-state index contributed by atoms with van der Waals surface area (Å²) in [5.74, 6) is -0.564. The number of aliphatic hydroxyl groups is 7. The number of nitrogens with one attached hydrogen (secondary N) is 1. The number of hydrogen-bond acceptors (Lipinski definition) is 11. The highest BCUT2D eigenvalue weighted by molar-refractivity contribution is 5.73. The van der Waals surface area contributed by atoms with Crippen LogP contribution >= 0.6 is 0 Å². The van der Waals surface area contributed by atoms with E-state index in [2.05, 4.69) is 5.32 Å². The maximum absolute atomic E-state index is 11.2. The molecular weight excluding hydrogens is 358 g/mol. The van der Waals surface area contributed by atoms with Crippen LogP contribution in [0.3, 0.4) is 0 Å². The fourth-order valence-corrected chi connectivity index (χ4v) is 2.98. The van der Waals surface area contributed by atoms with E-state index in [4.69, 9.17) is 14.2 Å². The van der Waals surface area contributed by atoms with E-state index in [0.29, 0.717) is 0 Å². The van der Waals surface area contributed by atoms with Crippen molar-refractivity contribution in [3.05, 3.63) is 0 Å². The molecule has 2 aliphatic rings. The van der Waals surface area contributed by atoms with Gasteiger partial charge in [0, 0.05) is 6.92 Å². The van der Waals surface area contributed by atoms with Gasteiger partial charge in [0.25, 0.3) is 0 Å². The van der Waals surface area contributed by atoms with Crippen LogP contribution in [0.5, 0.6) is 0 Å². The van der Waals surface area contributed by atoms with Crippen LogP contribution < -0.4 is 5.32 Å². The Bertz CT molecular complexity index is 478. The lowest BCUT2D eigenvalue weighted by Crippen LogP contribution is -2.67. The number of amides is 1. The zero-order valence-corrected chi connectivity index (χ0v) is 14.0. The molecule has 0 bridgehead atoms. The Morgan fingerprint density at radius 1 is 0.923 bits per heavy atom. The molecule has 0 aliphatic carbocycles. The third-order valence-corrected chi connectivity index (χ3v) is 4.38. The summed E-state index contributed by atoms with van der Waals surface area (Å²) >= 11 is 0. The first-order valence-corrected chi connectivity index (χ1v) is 8.06. The van der Waals surface area contributed by atoms with E-state index in [-0.39, 0.29) is 0 Å². The van der Waals surface area contributed by atoms with Gasteiger partial charge in [0.2, 0.25) is 5.91 Å². The molecule has 2 rings (SSSR count). The number of carbonyl (C=O) groups excluding carboxylic acids is 1. The van der Waals surface area contributed by atoms with Gasteiger partial charge in [-0.1, -0.05) is 0 Å². The summed E-state index contributed by atoms with van der Waals surface area (Å²) in [6, 6.07) is -1.29. The largest absolute Gasteiger partial charge is 0.394 e. The van der Waals surface area contributed by atoms with Crippen molar-refractivity contribution in [2.75, 3.05) is 13.2 Å². The SMILES string of the molecule is CC(=O)N[C@H]1[C@@H](O)[C@H](O[C@H]2O[C@@H](CO)[C@H](O)[C@@H](O)[C@@H]2O)[C@@H](CO)O[C@@H]1O. The molecular formula is C14H25NO11. The molecule has 26 heavy (non-hydrogen) atoms. The fourth-order valence-electron chi connectivity index (χ4n) is 2.98. The van der Waals surface area contributed by atoms with Gasteiger partial charge < -0.3 is 55.3 Å². The van der Waals surface area contributed by atoms with Crippen molar-refractivity contribution >= 4 is 5.91 Å². The first kappa shape index (κ1) is 21.4. The molecule has 2 fully saturated rings. The van der Waals surface area contributed by atoms with Gasteiger partial charge in [-0.3, -0.25) is 4.79 Å². The van der Waals surface area contributed by atoms with E-state index in [1.807, 2.05) is 0 Å². The minimum atomic E-state index is -1.73. The maximum Gasteiger partial charge on any atom is 0.217 e. The molecule has 12 heteroatoms. The summed E-state index contributed by atoms with van der Waals surface area (Å²) in [5.41, 5.74) is 0. The van der Waals surface area contributed by atoms with Crippen LogP contribution in [0, 0.1) is 0 Å². The summed E-state index contributed by atoms with van der Waals surface area (Å²) in [4.78, 5) is 11.2. The number of hydrogen-bond donors (Lipinski definition) is 8. The van der Waals surface area contributed by atoms with Crippen LogP contribution in [0.15, 0.2) is 0 Å². The Labute approximate surface area is 148 Å². The summed E-state index contributed by atoms with van der Waals surface area (Å²) in [6.45, 7) is -0.195. The molecule has 2 saturated heterocycles. The summed E-state index contributed by atoms with van der Waals surface area (Å²) in [6.07, 6.45) is -13.6. The second-order valence-electron chi connectivity index (χ2n) is 6.26. The Kier molecular flexibility index (Phi) is 7.27. The van der Waals surface area contributed by atoms with Crippen molar-refractivity contribution in [1.29, 1.82) is 0 Å². The lowest BCUT2D eigenvalue weighted by molar-refractivity contribution is -0.345. The van der Waals surface area contributed by atoms with Crippen LogP contribution in [0.25, 0.3) is 0 Å². The van der Waals surface area contributed by atoms with E-state index >= 15 is 0 Å². The molecule has 0 aromatic rings. The monoisotopic (exact) mass is 383 g/mol. The van der Waals surface area contributed by atoms with Gasteiger partial charge >= 0.3 is 0 Å². The van der Waals surface area contributed by atoms with Crippen molar-refractivity contribution in [1.82, 2.24) is 5.32 Å². The molecule has 0 aromatic carbocycles.